The van der Waals surface area contributed by atoms with E-state index in [4.69, 9.17) is 18.9 Å². The fourth-order valence-corrected chi connectivity index (χ4v) is 5.11. The molecule has 10 atom stereocenters. The second kappa shape index (κ2) is 12.3. The van der Waals surface area contributed by atoms with Gasteiger partial charge in [0.2, 0.25) is 0 Å². The Morgan fingerprint density at radius 3 is 2.03 bits per heavy atom. The Labute approximate surface area is 189 Å². The van der Waals surface area contributed by atoms with Crippen molar-refractivity contribution in [1.29, 1.82) is 0 Å². The lowest BCUT2D eigenvalue weighted by Crippen LogP contribution is -2.56. The lowest BCUT2D eigenvalue weighted by molar-refractivity contribution is -0.201. The van der Waals surface area contributed by atoms with Crippen LogP contribution in [0.5, 0.6) is 0 Å². The SMILES string of the molecule is COC1C(C)C(C)OC(C)C1C=O.COC1C(O)C(C)OC(Sc2ccccc2)C1O. The normalized spacial score (nSPS) is 40.5. The van der Waals surface area contributed by atoms with Gasteiger partial charge in [0.25, 0.3) is 0 Å². The summed E-state index contributed by atoms with van der Waals surface area (Å²) < 4.78 is 21.7. The molecular weight excluding hydrogens is 420 g/mol. The molecule has 8 heteroatoms. The van der Waals surface area contributed by atoms with Gasteiger partial charge in [-0.3, -0.25) is 0 Å². The molecule has 7 nitrogen and oxygen atoms in total. The van der Waals surface area contributed by atoms with E-state index in [1.54, 1.807) is 14.0 Å². The van der Waals surface area contributed by atoms with Gasteiger partial charge < -0.3 is 34.0 Å². The zero-order chi connectivity index (χ0) is 23.1. The van der Waals surface area contributed by atoms with Crippen LogP contribution in [0.2, 0.25) is 0 Å². The zero-order valence-corrected chi connectivity index (χ0v) is 19.9. The molecule has 0 aromatic heterocycles. The van der Waals surface area contributed by atoms with Crippen molar-refractivity contribution in [1.82, 2.24) is 0 Å². The number of rotatable bonds is 5. The van der Waals surface area contributed by atoms with Crippen LogP contribution < -0.4 is 0 Å². The molecule has 2 heterocycles. The highest BCUT2D eigenvalue weighted by Crippen LogP contribution is 2.34. The maximum atomic E-state index is 10.8. The molecule has 0 radical (unpaired) electrons. The molecule has 1 aromatic carbocycles. The second-order valence-corrected chi connectivity index (χ2v) is 9.31. The van der Waals surface area contributed by atoms with Crippen LogP contribution >= 0.6 is 11.8 Å². The Morgan fingerprint density at radius 1 is 0.871 bits per heavy atom. The molecule has 2 aliphatic rings. The van der Waals surface area contributed by atoms with E-state index in [9.17, 15) is 15.0 Å². The number of ether oxygens (including phenoxy) is 4. The maximum absolute atomic E-state index is 10.8. The van der Waals surface area contributed by atoms with E-state index in [-0.39, 0.29) is 36.3 Å². The van der Waals surface area contributed by atoms with Crippen molar-refractivity contribution in [3.63, 3.8) is 0 Å². The minimum atomic E-state index is -0.855. The number of aliphatic hydroxyl groups excluding tert-OH is 2. The Kier molecular flexibility index (Phi) is 10.4. The molecule has 2 aliphatic heterocycles. The monoisotopic (exact) mass is 456 g/mol. The predicted octanol–water partition coefficient (Wildman–Crippen LogP) is 2.52. The van der Waals surface area contributed by atoms with Crippen LogP contribution in [0.1, 0.15) is 27.7 Å². The van der Waals surface area contributed by atoms with Gasteiger partial charge in [-0.25, -0.2) is 0 Å². The van der Waals surface area contributed by atoms with E-state index in [0.29, 0.717) is 0 Å². The molecule has 2 saturated heterocycles. The maximum Gasteiger partial charge on any atom is 0.136 e. The molecule has 176 valence electrons. The fraction of sp³-hybridized carbons (Fsp3) is 0.696. The third-order valence-corrected chi connectivity index (χ3v) is 7.25. The molecule has 10 unspecified atom stereocenters. The Hall–Kier alpha value is -1.00. The van der Waals surface area contributed by atoms with Crippen LogP contribution in [0.15, 0.2) is 35.2 Å². The van der Waals surface area contributed by atoms with Gasteiger partial charge in [0.15, 0.2) is 0 Å². The van der Waals surface area contributed by atoms with Crippen molar-refractivity contribution in [2.24, 2.45) is 11.8 Å². The van der Waals surface area contributed by atoms with Crippen LogP contribution in [0.4, 0.5) is 0 Å². The van der Waals surface area contributed by atoms with E-state index in [2.05, 4.69) is 6.92 Å². The van der Waals surface area contributed by atoms with E-state index in [0.717, 1.165) is 11.2 Å². The zero-order valence-electron chi connectivity index (χ0n) is 19.1. The Bertz CT molecular complexity index is 661. The number of carbonyl (C=O) groups excluding carboxylic acids is 1. The minimum absolute atomic E-state index is 0.00347. The third-order valence-electron chi connectivity index (χ3n) is 6.09. The first-order chi connectivity index (χ1) is 14.7. The highest BCUT2D eigenvalue weighted by atomic mass is 32.2. The van der Waals surface area contributed by atoms with Crippen molar-refractivity contribution in [3.8, 4) is 0 Å². The van der Waals surface area contributed by atoms with Crippen LogP contribution in [-0.2, 0) is 23.7 Å². The van der Waals surface area contributed by atoms with Crippen LogP contribution in [0, 0.1) is 11.8 Å². The largest absolute Gasteiger partial charge is 0.388 e. The molecule has 1 aromatic rings. The van der Waals surface area contributed by atoms with Gasteiger partial charge in [-0.15, -0.1) is 0 Å². The average Bonchev–Trinajstić information content (AvgIpc) is 2.76. The summed E-state index contributed by atoms with van der Waals surface area (Å²) in [5.74, 6) is 0.146. The van der Waals surface area contributed by atoms with Crippen molar-refractivity contribution in [2.45, 2.75) is 80.8 Å². The molecule has 0 amide bonds. The molecule has 2 N–H and O–H groups in total. The summed E-state index contributed by atoms with van der Waals surface area (Å²) >= 11 is 1.43. The van der Waals surface area contributed by atoms with E-state index >= 15 is 0 Å². The van der Waals surface area contributed by atoms with Gasteiger partial charge in [0.1, 0.15) is 30.0 Å². The lowest BCUT2D eigenvalue weighted by atomic mass is 9.83. The van der Waals surface area contributed by atoms with Gasteiger partial charge in [-0.1, -0.05) is 36.9 Å². The van der Waals surface area contributed by atoms with Gasteiger partial charge in [-0.05, 0) is 32.9 Å². The van der Waals surface area contributed by atoms with Crippen LogP contribution in [0.25, 0.3) is 0 Å². The van der Waals surface area contributed by atoms with Gasteiger partial charge in [0.05, 0.1) is 30.3 Å². The smallest absolute Gasteiger partial charge is 0.136 e. The first kappa shape index (κ1) is 26.3. The number of aliphatic hydroxyl groups is 2. The van der Waals surface area contributed by atoms with Crippen LogP contribution in [-0.4, -0.2) is 78.9 Å². The molecule has 2 fully saturated rings. The first-order valence-electron chi connectivity index (χ1n) is 10.6. The highest BCUT2D eigenvalue weighted by molar-refractivity contribution is 7.99. The number of carbonyl (C=O) groups is 1. The van der Waals surface area contributed by atoms with E-state index < -0.39 is 23.7 Å². The number of aldehydes is 1. The summed E-state index contributed by atoms with van der Waals surface area (Å²) in [6.45, 7) is 7.78. The van der Waals surface area contributed by atoms with E-state index in [1.165, 1.54) is 18.9 Å². The molecule has 0 saturated carbocycles. The fourth-order valence-electron chi connectivity index (χ4n) is 4.00. The topological polar surface area (TPSA) is 94.5 Å². The predicted molar refractivity (Wildman–Crippen MR) is 119 cm³/mol. The summed E-state index contributed by atoms with van der Waals surface area (Å²) in [7, 11) is 3.14. The van der Waals surface area contributed by atoms with Gasteiger partial charge in [0, 0.05) is 25.0 Å². The first-order valence-corrected chi connectivity index (χ1v) is 11.5. The molecule has 0 spiro atoms. The molecular formula is C23H36O7S. The second-order valence-electron chi connectivity index (χ2n) is 8.14. The Balaban J connectivity index is 0.000000233. The number of thioether (sulfide) groups is 1. The molecule has 0 bridgehead atoms. The third kappa shape index (κ3) is 6.51. The quantitative estimate of drug-likeness (QED) is 0.653. The number of hydrogen-bond donors (Lipinski definition) is 2. The number of benzene rings is 1. The standard InChI is InChI=1S/C13H18O4S.C10H18O3/c1-8-10(14)12(16-2)11(15)13(17-8)18-9-6-4-3-5-7-9;1-6-7(2)13-8(3)9(5-11)10(6)12-4/h3-8,10-15H,1-2H3;5-10H,1-4H3. The van der Waals surface area contributed by atoms with Crippen molar-refractivity contribution < 1.29 is 34.0 Å². The van der Waals surface area contributed by atoms with Crippen molar-refractivity contribution in [2.75, 3.05) is 14.2 Å². The minimum Gasteiger partial charge on any atom is -0.388 e. The van der Waals surface area contributed by atoms with Crippen LogP contribution in [0.3, 0.4) is 0 Å². The van der Waals surface area contributed by atoms with E-state index in [1.807, 2.05) is 44.2 Å². The summed E-state index contributed by atoms with van der Waals surface area (Å²) in [6, 6.07) is 9.72. The summed E-state index contributed by atoms with van der Waals surface area (Å²) in [6.07, 6.45) is -1.57. The van der Waals surface area contributed by atoms with Gasteiger partial charge in [-0.2, -0.15) is 0 Å². The summed E-state index contributed by atoms with van der Waals surface area (Å²) in [5.41, 5.74) is -0.434. The summed E-state index contributed by atoms with van der Waals surface area (Å²) in [4.78, 5) is 11.8. The highest BCUT2D eigenvalue weighted by Gasteiger charge is 2.43. The molecule has 31 heavy (non-hydrogen) atoms. The van der Waals surface area contributed by atoms with Crippen molar-refractivity contribution >= 4 is 18.0 Å². The molecule has 3 rings (SSSR count). The number of methoxy groups -OCH3 is 2. The lowest BCUT2D eigenvalue weighted by Gasteiger charge is -2.41. The van der Waals surface area contributed by atoms with Gasteiger partial charge >= 0.3 is 0 Å². The average molecular weight is 457 g/mol. The number of hydrogen-bond acceptors (Lipinski definition) is 8. The van der Waals surface area contributed by atoms with Crippen molar-refractivity contribution in [3.05, 3.63) is 30.3 Å². The summed E-state index contributed by atoms with van der Waals surface area (Å²) in [5, 5.41) is 20.0. The molecule has 0 aliphatic carbocycles. The Morgan fingerprint density at radius 2 is 1.48 bits per heavy atom.